The molecule has 0 aliphatic carbocycles. The van der Waals surface area contributed by atoms with Crippen molar-refractivity contribution in [3.8, 4) is 5.69 Å². The van der Waals surface area contributed by atoms with Gasteiger partial charge >= 0.3 is 0 Å². The SMILES string of the molecule is Cc1ccc2[nH]c(C(=O)NCc3cnn(-c4ccccc4)c3)cc2c1C. The Balaban J connectivity index is 1.48. The first-order chi connectivity index (χ1) is 12.6. The number of amides is 1. The molecule has 4 rings (SSSR count). The zero-order valence-electron chi connectivity index (χ0n) is 14.8. The molecule has 26 heavy (non-hydrogen) atoms. The Labute approximate surface area is 151 Å². The average Bonchev–Trinajstić information content (AvgIpc) is 3.31. The van der Waals surface area contributed by atoms with Crippen LogP contribution in [0, 0.1) is 13.8 Å². The summed E-state index contributed by atoms with van der Waals surface area (Å²) in [5, 5.41) is 8.39. The van der Waals surface area contributed by atoms with E-state index in [2.05, 4.69) is 35.3 Å². The number of hydrogen-bond donors (Lipinski definition) is 2. The molecule has 4 aromatic rings. The van der Waals surface area contributed by atoms with Gasteiger partial charge < -0.3 is 10.3 Å². The van der Waals surface area contributed by atoms with Crippen LogP contribution in [0.15, 0.2) is 60.9 Å². The highest BCUT2D eigenvalue weighted by Gasteiger charge is 2.12. The van der Waals surface area contributed by atoms with Gasteiger partial charge in [0.15, 0.2) is 0 Å². The highest BCUT2D eigenvalue weighted by atomic mass is 16.1. The van der Waals surface area contributed by atoms with Crippen molar-refractivity contribution in [3.63, 3.8) is 0 Å². The Morgan fingerprint density at radius 3 is 2.77 bits per heavy atom. The van der Waals surface area contributed by atoms with Crippen molar-refractivity contribution >= 4 is 16.8 Å². The van der Waals surface area contributed by atoms with Gasteiger partial charge in [-0.3, -0.25) is 4.79 Å². The Hall–Kier alpha value is -3.34. The molecule has 1 amide bonds. The van der Waals surface area contributed by atoms with E-state index in [9.17, 15) is 4.79 Å². The number of nitrogens with one attached hydrogen (secondary N) is 2. The third-order valence-corrected chi connectivity index (χ3v) is 4.70. The molecule has 5 heteroatoms. The van der Waals surface area contributed by atoms with E-state index >= 15 is 0 Å². The van der Waals surface area contributed by atoms with Gasteiger partial charge in [-0.25, -0.2) is 4.68 Å². The number of nitrogens with zero attached hydrogens (tertiary/aromatic N) is 2. The summed E-state index contributed by atoms with van der Waals surface area (Å²) < 4.78 is 1.80. The van der Waals surface area contributed by atoms with Crippen LogP contribution >= 0.6 is 0 Å². The highest BCUT2D eigenvalue weighted by molar-refractivity contribution is 5.99. The van der Waals surface area contributed by atoms with Gasteiger partial charge in [0.25, 0.3) is 5.91 Å². The summed E-state index contributed by atoms with van der Waals surface area (Å²) in [6, 6.07) is 15.9. The fourth-order valence-electron chi connectivity index (χ4n) is 3.03. The minimum Gasteiger partial charge on any atom is -0.351 e. The lowest BCUT2D eigenvalue weighted by Gasteiger charge is -2.01. The molecule has 5 nitrogen and oxygen atoms in total. The summed E-state index contributed by atoms with van der Waals surface area (Å²) in [4.78, 5) is 15.7. The second-order valence-corrected chi connectivity index (χ2v) is 6.46. The van der Waals surface area contributed by atoms with Gasteiger partial charge in [0, 0.05) is 29.2 Å². The van der Waals surface area contributed by atoms with E-state index in [1.165, 1.54) is 11.1 Å². The number of carbonyl (C=O) groups is 1. The van der Waals surface area contributed by atoms with Crippen LogP contribution < -0.4 is 5.32 Å². The van der Waals surface area contributed by atoms with Crippen LogP contribution in [0.4, 0.5) is 0 Å². The molecular formula is C21H20N4O. The zero-order valence-corrected chi connectivity index (χ0v) is 14.8. The second kappa shape index (κ2) is 6.52. The predicted molar refractivity (Wildman–Crippen MR) is 103 cm³/mol. The minimum atomic E-state index is -0.120. The van der Waals surface area contributed by atoms with E-state index in [0.29, 0.717) is 12.2 Å². The topological polar surface area (TPSA) is 62.7 Å². The molecule has 0 spiro atoms. The molecule has 0 saturated heterocycles. The highest BCUT2D eigenvalue weighted by Crippen LogP contribution is 2.22. The molecule has 0 aliphatic rings. The summed E-state index contributed by atoms with van der Waals surface area (Å²) in [6.45, 7) is 4.58. The molecular weight excluding hydrogens is 324 g/mol. The van der Waals surface area contributed by atoms with Crippen molar-refractivity contribution in [2.45, 2.75) is 20.4 Å². The van der Waals surface area contributed by atoms with E-state index < -0.39 is 0 Å². The van der Waals surface area contributed by atoms with Gasteiger partial charge in [0.2, 0.25) is 0 Å². The summed E-state index contributed by atoms with van der Waals surface area (Å²) in [6.07, 6.45) is 3.69. The maximum atomic E-state index is 12.5. The van der Waals surface area contributed by atoms with Crippen LogP contribution in [0.5, 0.6) is 0 Å². The molecule has 2 aromatic carbocycles. The first-order valence-electron chi connectivity index (χ1n) is 8.58. The maximum absolute atomic E-state index is 12.5. The number of hydrogen-bond acceptors (Lipinski definition) is 2. The number of carbonyl (C=O) groups excluding carboxylic acids is 1. The maximum Gasteiger partial charge on any atom is 0.267 e. The Kier molecular flexibility index (Phi) is 4.05. The summed E-state index contributed by atoms with van der Waals surface area (Å²) >= 11 is 0. The van der Waals surface area contributed by atoms with Crippen molar-refractivity contribution in [2.24, 2.45) is 0 Å². The van der Waals surface area contributed by atoms with Gasteiger partial charge in [0.1, 0.15) is 5.69 Å². The van der Waals surface area contributed by atoms with Crippen molar-refractivity contribution < 1.29 is 4.79 Å². The van der Waals surface area contributed by atoms with Crippen LogP contribution in [-0.4, -0.2) is 20.7 Å². The Bertz CT molecular complexity index is 1080. The van der Waals surface area contributed by atoms with Crippen molar-refractivity contribution in [1.82, 2.24) is 20.1 Å². The third-order valence-electron chi connectivity index (χ3n) is 4.70. The van der Waals surface area contributed by atoms with Crippen LogP contribution in [0.1, 0.15) is 27.2 Å². The van der Waals surface area contributed by atoms with Crippen molar-refractivity contribution in [1.29, 1.82) is 0 Å². The van der Waals surface area contributed by atoms with Crippen LogP contribution in [0.2, 0.25) is 0 Å². The van der Waals surface area contributed by atoms with E-state index in [0.717, 1.165) is 22.2 Å². The average molecular weight is 344 g/mol. The molecule has 0 saturated carbocycles. The normalized spacial score (nSPS) is 11.0. The summed E-state index contributed by atoms with van der Waals surface area (Å²) in [5.74, 6) is -0.120. The lowest BCUT2D eigenvalue weighted by molar-refractivity contribution is 0.0947. The van der Waals surface area contributed by atoms with Crippen LogP contribution in [0.25, 0.3) is 16.6 Å². The number of fused-ring (bicyclic) bond motifs is 1. The summed E-state index contributed by atoms with van der Waals surface area (Å²) in [5.41, 5.74) is 5.91. The molecule has 0 atom stereocenters. The van der Waals surface area contributed by atoms with Gasteiger partial charge in [-0.15, -0.1) is 0 Å². The number of para-hydroxylation sites is 1. The fraction of sp³-hybridized carbons (Fsp3) is 0.143. The summed E-state index contributed by atoms with van der Waals surface area (Å²) in [7, 11) is 0. The molecule has 0 fully saturated rings. The van der Waals surface area contributed by atoms with Crippen molar-refractivity contribution in [3.05, 3.63) is 83.3 Å². The number of rotatable bonds is 4. The molecule has 0 unspecified atom stereocenters. The first-order valence-corrected chi connectivity index (χ1v) is 8.58. The largest absolute Gasteiger partial charge is 0.351 e. The van der Waals surface area contributed by atoms with E-state index in [-0.39, 0.29) is 5.91 Å². The molecule has 0 bridgehead atoms. The Morgan fingerprint density at radius 2 is 1.96 bits per heavy atom. The van der Waals surface area contributed by atoms with Crippen molar-refractivity contribution in [2.75, 3.05) is 0 Å². The number of aryl methyl sites for hydroxylation is 2. The minimum absolute atomic E-state index is 0.120. The van der Waals surface area contributed by atoms with E-state index in [1.807, 2.05) is 48.7 Å². The van der Waals surface area contributed by atoms with Gasteiger partial charge in [-0.05, 0) is 49.2 Å². The lowest BCUT2D eigenvalue weighted by atomic mass is 10.1. The van der Waals surface area contributed by atoms with Gasteiger partial charge in [-0.1, -0.05) is 24.3 Å². The monoisotopic (exact) mass is 344 g/mol. The third kappa shape index (κ3) is 2.99. The molecule has 2 aromatic heterocycles. The number of aromatic amines is 1. The smallest absolute Gasteiger partial charge is 0.267 e. The predicted octanol–water partition coefficient (Wildman–Crippen LogP) is 3.90. The zero-order chi connectivity index (χ0) is 18.1. The van der Waals surface area contributed by atoms with E-state index in [1.54, 1.807) is 10.9 Å². The first kappa shape index (κ1) is 16.1. The van der Waals surface area contributed by atoms with Gasteiger partial charge in [0.05, 0.1) is 11.9 Å². The number of benzene rings is 2. The van der Waals surface area contributed by atoms with Crippen LogP contribution in [-0.2, 0) is 6.54 Å². The molecule has 2 heterocycles. The van der Waals surface area contributed by atoms with Crippen LogP contribution in [0.3, 0.4) is 0 Å². The molecule has 130 valence electrons. The number of aromatic nitrogens is 3. The molecule has 0 aliphatic heterocycles. The fourth-order valence-corrected chi connectivity index (χ4v) is 3.03. The number of H-pyrrole nitrogens is 1. The second-order valence-electron chi connectivity index (χ2n) is 6.46. The van der Waals surface area contributed by atoms with E-state index in [4.69, 9.17) is 0 Å². The Morgan fingerprint density at radius 1 is 1.15 bits per heavy atom. The lowest BCUT2D eigenvalue weighted by Crippen LogP contribution is -2.22. The molecule has 0 radical (unpaired) electrons. The van der Waals surface area contributed by atoms with Gasteiger partial charge in [-0.2, -0.15) is 5.10 Å². The standard InChI is InChI=1S/C21H20N4O/c1-14-8-9-19-18(15(14)2)10-20(24-19)21(26)22-11-16-12-23-25(13-16)17-6-4-3-5-7-17/h3-10,12-13,24H,11H2,1-2H3,(H,22,26). The quantitative estimate of drug-likeness (QED) is 0.590. The molecule has 2 N–H and O–H groups in total.